The molecule has 0 radical (unpaired) electrons. The van der Waals surface area contributed by atoms with E-state index in [4.69, 9.17) is 17.3 Å². The maximum absolute atomic E-state index is 12.5. The Morgan fingerprint density at radius 2 is 2.19 bits per heavy atom. The zero-order valence-electron chi connectivity index (χ0n) is 11.2. The fourth-order valence-electron chi connectivity index (χ4n) is 2.03. The molecule has 3 heterocycles. The number of carbonyl (C=O) groups excluding carboxylic acids is 1. The zero-order chi connectivity index (χ0) is 15.0. The van der Waals surface area contributed by atoms with Crippen LogP contribution in [0.1, 0.15) is 14.5 Å². The highest BCUT2D eigenvalue weighted by Gasteiger charge is 2.20. The van der Waals surface area contributed by atoms with Crippen molar-refractivity contribution in [2.75, 3.05) is 12.8 Å². The molecular weight excluding hydrogens is 326 g/mol. The van der Waals surface area contributed by atoms with Crippen molar-refractivity contribution >= 4 is 56.1 Å². The molecule has 108 valence electrons. The van der Waals surface area contributed by atoms with Gasteiger partial charge < -0.3 is 10.6 Å². The number of carbonyl (C=O) groups is 1. The summed E-state index contributed by atoms with van der Waals surface area (Å²) in [7, 11) is 1.76. The lowest BCUT2D eigenvalue weighted by Gasteiger charge is -2.15. The summed E-state index contributed by atoms with van der Waals surface area (Å²) in [4.78, 5) is 20.8. The maximum Gasteiger partial charge on any atom is 0.266 e. The molecule has 1 amide bonds. The van der Waals surface area contributed by atoms with Crippen LogP contribution < -0.4 is 5.73 Å². The zero-order valence-corrected chi connectivity index (χ0v) is 13.6. The van der Waals surface area contributed by atoms with Gasteiger partial charge in [-0.15, -0.1) is 22.7 Å². The summed E-state index contributed by atoms with van der Waals surface area (Å²) in [6, 6.07) is 7.45. The first-order chi connectivity index (χ1) is 10.1. The number of anilines is 1. The third kappa shape index (κ3) is 2.74. The quantitative estimate of drug-likeness (QED) is 0.789. The molecule has 0 spiro atoms. The Hall–Kier alpha value is -1.63. The van der Waals surface area contributed by atoms with Gasteiger partial charge in [-0.2, -0.15) is 0 Å². The van der Waals surface area contributed by atoms with Crippen molar-refractivity contribution in [3.8, 4) is 0 Å². The largest absolute Gasteiger partial charge is 0.397 e. The average molecular weight is 338 g/mol. The summed E-state index contributed by atoms with van der Waals surface area (Å²) < 4.78 is 0.719. The van der Waals surface area contributed by atoms with Gasteiger partial charge in [0.05, 0.1) is 16.6 Å². The average Bonchev–Trinajstić information content (AvgIpc) is 3.03. The van der Waals surface area contributed by atoms with E-state index < -0.39 is 0 Å². The number of thiophene rings is 2. The number of hydrogen-bond acceptors (Lipinski definition) is 5. The van der Waals surface area contributed by atoms with E-state index >= 15 is 0 Å². The van der Waals surface area contributed by atoms with Gasteiger partial charge in [-0.3, -0.25) is 4.79 Å². The molecule has 3 rings (SSSR count). The lowest BCUT2D eigenvalue weighted by atomic mass is 10.2. The molecular formula is C14H12ClN3OS2. The second-order valence-electron chi connectivity index (χ2n) is 4.57. The van der Waals surface area contributed by atoms with Crippen LogP contribution in [0, 0.1) is 0 Å². The number of halogens is 1. The Morgan fingerprint density at radius 1 is 1.38 bits per heavy atom. The summed E-state index contributed by atoms with van der Waals surface area (Å²) >= 11 is 8.70. The van der Waals surface area contributed by atoms with Crippen LogP contribution in [0.15, 0.2) is 30.5 Å². The Balaban J connectivity index is 1.87. The van der Waals surface area contributed by atoms with Crippen molar-refractivity contribution in [3.63, 3.8) is 0 Å². The summed E-state index contributed by atoms with van der Waals surface area (Å²) in [6.45, 7) is 0.511. The summed E-state index contributed by atoms with van der Waals surface area (Å²) in [5, 5.41) is 0.832. The molecule has 0 aliphatic rings. The summed E-state index contributed by atoms with van der Waals surface area (Å²) in [5.74, 6) is -0.0972. The molecule has 3 aromatic heterocycles. The number of fused-ring (bicyclic) bond motifs is 1. The maximum atomic E-state index is 12.5. The molecule has 3 aromatic rings. The van der Waals surface area contributed by atoms with Gasteiger partial charge in [-0.1, -0.05) is 11.6 Å². The molecule has 0 saturated heterocycles. The standard InChI is InChI=1S/C14H12ClN3OS2/c1-18(7-8-4-5-10(15)20-8)14(19)12-11(16)9-3-2-6-17-13(9)21-12/h2-6H,7,16H2,1H3. The van der Waals surface area contributed by atoms with Gasteiger partial charge in [0.25, 0.3) is 5.91 Å². The number of nitrogen functional groups attached to an aromatic ring is 1. The minimum atomic E-state index is -0.0972. The van der Waals surface area contributed by atoms with Gasteiger partial charge in [-0.05, 0) is 24.3 Å². The second kappa shape index (κ2) is 5.63. The van der Waals surface area contributed by atoms with E-state index in [1.807, 2.05) is 24.3 Å². The smallest absolute Gasteiger partial charge is 0.266 e. The number of amides is 1. The molecule has 0 atom stereocenters. The van der Waals surface area contributed by atoms with E-state index in [0.29, 0.717) is 17.1 Å². The Kier molecular flexibility index (Phi) is 3.84. The number of nitrogens with two attached hydrogens (primary N) is 1. The van der Waals surface area contributed by atoms with Crippen molar-refractivity contribution in [2.24, 2.45) is 0 Å². The predicted octanol–water partition coefficient (Wildman–Crippen LogP) is 3.87. The summed E-state index contributed by atoms with van der Waals surface area (Å²) in [5.41, 5.74) is 6.58. The van der Waals surface area contributed by atoms with Crippen LogP contribution in [0.4, 0.5) is 5.69 Å². The lowest BCUT2D eigenvalue weighted by molar-refractivity contribution is 0.0792. The minimum Gasteiger partial charge on any atom is -0.397 e. The van der Waals surface area contributed by atoms with Crippen molar-refractivity contribution < 1.29 is 4.79 Å². The number of hydrogen-bond donors (Lipinski definition) is 1. The second-order valence-corrected chi connectivity index (χ2v) is 7.37. The van der Waals surface area contributed by atoms with E-state index in [2.05, 4.69) is 4.98 Å². The fourth-order valence-corrected chi connectivity index (χ4v) is 4.22. The first-order valence-electron chi connectivity index (χ1n) is 6.19. The van der Waals surface area contributed by atoms with Crippen LogP contribution in [0.3, 0.4) is 0 Å². The van der Waals surface area contributed by atoms with Gasteiger partial charge in [0.1, 0.15) is 9.71 Å². The highest BCUT2D eigenvalue weighted by molar-refractivity contribution is 7.21. The van der Waals surface area contributed by atoms with Gasteiger partial charge in [-0.25, -0.2) is 4.98 Å². The number of nitrogens with zero attached hydrogens (tertiary/aromatic N) is 2. The van der Waals surface area contributed by atoms with Gasteiger partial charge in [0, 0.05) is 23.5 Å². The number of rotatable bonds is 3. The Morgan fingerprint density at radius 3 is 2.86 bits per heavy atom. The van der Waals surface area contributed by atoms with Crippen LogP contribution in [-0.4, -0.2) is 22.8 Å². The van der Waals surface area contributed by atoms with Crippen molar-refractivity contribution in [2.45, 2.75) is 6.54 Å². The molecule has 7 heteroatoms. The normalized spacial score (nSPS) is 11.0. The van der Waals surface area contributed by atoms with Gasteiger partial charge in [0.2, 0.25) is 0 Å². The molecule has 0 unspecified atom stereocenters. The third-order valence-corrected chi connectivity index (χ3v) is 5.40. The third-order valence-electron chi connectivity index (χ3n) is 3.07. The fraction of sp³-hybridized carbons (Fsp3) is 0.143. The van der Waals surface area contributed by atoms with Crippen LogP contribution >= 0.6 is 34.3 Å². The van der Waals surface area contributed by atoms with E-state index in [-0.39, 0.29) is 5.91 Å². The highest BCUT2D eigenvalue weighted by Crippen LogP contribution is 2.33. The molecule has 0 fully saturated rings. The van der Waals surface area contributed by atoms with Crippen molar-refractivity contribution in [1.29, 1.82) is 0 Å². The van der Waals surface area contributed by atoms with Crippen LogP contribution in [0.25, 0.3) is 10.2 Å². The molecule has 0 saturated carbocycles. The molecule has 0 aromatic carbocycles. The van der Waals surface area contributed by atoms with Gasteiger partial charge in [0.15, 0.2) is 0 Å². The number of aromatic nitrogens is 1. The Labute approximate surface area is 134 Å². The van der Waals surface area contributed by atoms with E-state index in [1.54, 1.807) is 18.1 Å². The van der Waals surface area contributed by atoms with E-state index in [9.17, 15) is 4.79 Å². The molecule has 0 bridgehead atoms. The molecule has 21 heavy (non-hydrogen) atoms. The SMILES string of the molecule is CN(Cc1ccc(Cl)s1)C(=O)c1sc2ncccc2c1N. The first-order valence-corrected chi connectivity index (χ1v) is 8.20. The van der Waals surface area contributed by atoms with E-state index in [0.717, 1.165) is 19.4 Å². The van der Waals surface area contributed by atoms with Crippen LogP contribution in [-0.2, 0) is 6.54 Å². The van der Waals surface area contributed by atoms with Crippen molar-refractivity contribution in [1.82, 2.24) is 9.88 Å². The van der Waals surface area contributed by atoms with E-state index in [1.165, 1.54) is 22.7 Å². The summed E-state index contributed by atoms with van der Waals surface area (Å²) in [6.07, 6.45) is 1.70. The first kappa shape index (κ1) is 14.3. The molecule has 4 nitrogen and oxygen atoms in total. The van der Waals surface area contributed by atoms with Gasteiger partial charge >= 0.3 is 0 Å². The number of pyridine rings is 1. The van der Waals surface area contributed by atoms with Crippen LogP contribution in [0.2, 0.25) is 4.34 Å². The molecule has 2 N–H and O–H groups in total. The highest BCUT2D eigenvalue weighted by atomic mass is 35.5. The predicted molar refractivity (Wildman–Crippen MR) is 89.2 cm³/mol. The van der Waals surface area contributed by atoms with Crippen LogP contribution in [0.5, 0.6) is 0 Å². The topological polar surface area (TPSA) is 59.2 Å². The van der Waals surface area contributed by atoms with Crippen molar-refractivity contribution in [3.05, 3.63) is 44.6 Å². The molecule has 0 aliphatic carbocycles. The molecule has 0 aliphatic heterocycles. The monoisotopic (exact) mass is 337 g/mol. The lowest BCUT2D eigenvalue weighted by Crippen LogP contribution is -2.25. The Bertz CT molecular complexity index is 812. The minimum absolute atomic E-state index is 0.0972.